The van der Waals surface area contributed by atoms with Gasteiger partial charge in [0.15, 0.2) is 5.12 Å². The normalized spacial score (nSPS) is 14.9. The fourth-order valence-electron chi connectivity index (χ4n) is 2.11. The highest BCUT2D eigenvalue weighted by Crippen LogP contribution is 2.21. The van der Waals surface area contributed by atoms with E-state index in [0.717, 1.165) is 24.6 Å². The molecule has 0 fully saturated rings. The summed E-state index contributed by atoms with van der Waals surface area (Å²) in [5.41, 5.74) is 0.969. The fourth-order valence-corrected chi connectivity index (χ4v) is 2.75. The van der Waals surface area contributed by atoms with Gasteiger partial charge in [0.25, 0.3) is 5.91 Å². The lowest BCUT2D eigenvalue weighted by atomic mass is 10.1. The Morgan fingerprint density at radius 3 is 2.83 bits per heavy atom. The van der Waals surface area contributed by atoms with Crippen molar-refractivity contribution in [3.05, 3.63) is 35.8 Å². The van der Waals surface area contributed by atoms with E-state index in [9.17, 15) is 19.5 Å². The fraction of sp³-hybridized carbons (Fsp3) is 0.333. The molecule has 23 heavy (non-hydrogen) atoms. The van der Waals surface area contributed by atoms with Crippen LogP contribution < -0.4 is 5.32 Å². The Morgan fingerprint density at radius 1 is 1.43 bits per heavy atom. The van der Waals surface area contributed by atoms with E-state index in [2.05, 4.69) is 15.3 Å². The number of H-pyrrole nitrogens is 1. The second-order valence-corrected chi connectivity index (χ2v) is 6.15. The van der Waals surface area contributed by atoms with Gasteiger partial charge in [0.05, 0.1) is 12.0 Å². The molecule has 1 aliphatic rings. The molecule has 7 nitrogen and oxygen atoms in total. The van der Waals surface area contributed by atoms with Crippen LogP contribution in [0.5, 0.6) is 0 Å². The van der Waals surface area contributed by atoms with Crippen LogP contribution in [0, 0.1) is 0 Å². The van der Waals surface area contributed by atoms with Gasteiger partial charge in [-0.1, -0.05) is 18.2 Å². The Bertz CT molecular complexity index is 678. The second-order valence-electron chi connectivity index (χ2n) is 4.99. The number of hydrogen-bond donors (Lipinski definition) is 3. The molecule has 122 valence electrons. The van der Waals surface area contributed by atoms with Crippen LogP contribution in [0.3, 0.4) is 0 Å². The highest BCUT2D eigenvalue weighted by Gasteiger charge is 2.24. The number of imidazole rings is 1. The molecule has 1 heterocycles. The first-order chi connectivity index (χ1) is 11.0. The van der Waals surface area contributed by atoms with Crippen molar-refractivity contribution in [1.82, 2.24) is 15.3 Å². The van der Waals surface area contributed by atoms with Crippen molar-refractivity contribution in [2.75, 3.05) is 0 Å². The monoisotopic (exact) mass is 335 g/mol. The van der Waals surface area contributed by atoms with Crippen molar-refractivity contribution < 1.29 is 19.5 Å². The molecule has 8 heteroatoms. The summed E-state index contributed by atoms with van der Waals surface area (Å²) in [5.74, 6) is -1.57. The van der Waals surface area contributed by atoms with Gasteiger partial charge in [-0.15, -0.1) is 0 Å². The molecule has 1 aliphatic carbocycles. The lowest BCUT2D eigenvalue weighted by Crippen LogP contribution is -2.43. The number of aromatic amines is 1. The van der Waals surface area contributed by atoms with Gasteiger partial charge in [0, 0.05) is 18.9 Å². The predicted molar refractivity (Wildman–Crippen MR) is 84.9 cm³/mol. The standard InChI is InChI=1S/C15H17N3O4S/c1-9(19)23-14-11(16-8-17-14)7-12(15(21)22)18-13(20)10-5-3-2-4-6-10/h3,5-6,8,12H,2,4,7H2,1H3,(H,16,17)(H,18,20)(H,21,22). The average Bonchev–Trinajstić information content (AvgIpc) is 2.93. The van der Waals surface area contributed by atoms with Crippen LogP contribution in [0.15, 0.2) is 35.2 Å². The number of carboxylic acids is 1. The molecule has 0 spiro atoms. The van der Waals surface area contributed by atoms with Crippen molar-refractivity contribution >= 4 is 28.8 Å². The van der Waals surface area contributed by atoms with Gasteiger partial charge >= 0.3 is 5.97 Å². The van der Waals surface area contributed by atoms with E-state index < -0.39 is 17.9 Å². The smallest absolute Gasteiger partial charge is 0.326 e. The Balaban J connectivity index is 2.07. The number of thioether (sulfide) groups is 1. The highest BCUT2D eigenvalue weighted by atomic mass is 32.2. The zero-order chi connectivity index (χ0) is 16.8. The molecule has 1 unspecified atom stereocenters. The van der Waals surface area contributed by atoms with Crippen molar-refractivity contribution in [2.24, 2.45) is 0 Å². The number of rotatable bonds is 6. The van der Waals surface area contributed by atoms with E-state index in [4.69, 9.17) is 0 Å². The summed E-state index contributed by atoms with van der Waals surface area (Å²) in [4.78, 5) is 41.5. The third kappa shape index (κ3) is 4.82. The zero-order valence-electron chi connectivity index (χ0n) is 12.5. The summed E-state index contributed by atoms with van der Waals surface area (Å²) in [6.07, 6.45) is 8.39. The van der Waals surface area contributed by atoms with Gasteiger partial charge in [-0.2, -0.15) is 0 Å². The predicted octanol–water partition coefficient (Wildman–Crippen LogP) is 1.44. The Morgan fingerprint density at radius 2 is 2.22 bits per heavy atom. The van der Waals surface area contributed by atoms with E-state index in [-0.39, 0.29) is 11.5 Å². The van der Waals surface area contributed by atoms with E-state index in [1.165, 1.54) is 13.3 Å². The Hall–Kier alpha value is -2.35. The summed E-state index contributed by atoms with van der Waals surface area (Å²) in [6.45, 7) is 1.40. The molecule has 0 bridgehead atoms. The molecule has 1 atom stereocenters. The van der Waals surface area contributed by atoms with E-state index >= 15 is 0 Å². The molecule has 0 saturated heterocycles. The van der Waals surface area contributed by atoms with E-state index in [0.29, 0.717) is 16.3 Å². The van der Waals surface area contributed by atoms with Gasteiger partial charge in [-0.25, -0.2) is 9.78 Å². The number of carbonyl (C=O) groups is 3. The number of amides is 1. The third-order valence-electron chi connectivity index (χ3n) is 3.19. The first-order valence-electron chi connectivity index (χ1n) is 7.08. The number of aromatic nitrogens is 2. The van der Waals surface area contributed by atoms with Crippen molar-refractivity contribution in [3.63, 3.8) is 0 Å². The molecule has 0 radical (unpaired) electrons. The number of carboxylic acid groups (broad SMARTS) is 1. The first kappa shape index (κ1) is 17.0. The van der Waals surface area contributed by atoms with Gasteiger partial charge in [0.2, 0.25) is 0 Å². The molecule has 0 saturated carbocycles. The molecule has 2 rings (SSSR count). The third-order valence-corrected chi connectivity index (χ3v) is 4.02. The van der Waals surface area contributed by atoms with Crippen LogP contribution in [0.25, 0.3) is 0 Å². The maximum absolute atomic E-state index is 12.1. The van der Waals surface area contributed by atoms with Gasteiger partial charge in [-0.3, -0.25) is 9.59 Å². The summed E-state index contributed by atoms with van der Waals surface area (Å²) in [6, 6.07) is -1.11. The minimum Gasteiger partial charge on any atom is -0.480 e. The molecule has 3 N–H and O–H groups in total. The van der Waals surface area contributed by atoms with Crippen LogP contribution in [-0.4, -0.2) is 38.1 Å². The number of allylic oxidation sites excluding steroid dienone is 2. The molecule has 0 aliphatic heterocycles. The van der Waals surface area contributed by atoms with Crippen LogP contribution in [0.1, 0.15) is 25.5 Å². The van der Waals surface area contributed by atoms with Gasteiger partial charge in [0.1, 0.15) is 11.1 Å². The van der Waals surface area contributed by atoms with Crippen molar-refractivity contribution in [3.8, 4) is 0 Å². The lowest BCUT2D eigenvalue weighted by Gasteiger charge is -2.15. The van der Waals surface area contributed by atoms with Gasteiger partial charge < -0.3 is 15.4 Å². The minimum absolute atomic E-state index is 0.0215. The average molecular weight is 335 g/mol. The van der Waals surface area contributed by atoms with Gasteiger partial charge in [-0.05, 0) is 24.6 Å². The first-order valence-corrected chi connectivity index (χ1v) is 7.90. The highest BCUT2D eigenvalue weighted by molar-refractivity contribution is 8.13. The molecule has 1 aromatic heterocycles. The number of aliphatic carboxylic acids is 1. The van der Waals surface area contributed by atoms with E-state index in [1.807, 2.05) is 6.08 Å². The number of nitrogens with one attached hydrogen (secondary N) is 2. The summed E-state index contributed by atoms with van der Waals surface area (Å²) in [5, 5.41) is 12.1. The number of nitrogens with zero attached hydrogens (tertiary/aromatic N) is 1. The van der Waals surface area contributed by atoms with Crippen LogP contribution in [0.4, 0.5) is 0 Å². The molecule has 1 amide bonds. The molecular formula is C15H17N3O4S. The molecular weight excluding hydrogens is 318 g/mol. The Labute approximate surface area is 137 Å². The van der Waals surface area contributed by atoms with Crippen LogP contribution in [0.2, 0.25) is 0 Å². The van der Waals surface area contributed by atoms with Crippen LogP contribution >= 0.6 is 11.8 Å². The lowest BCUT2D eigenvalue weighted by molar-refractivity contribution is -0.141. The van der Waals surface area contributed by atoms with E-state index in [1.54, 1.807) is 12.2 Å². The van der Waals surface area contributed by atoms with Crippen LogP contribution in [-0.2, 0) is 20.8 Å². The van der Waals surface area contributed by atoms with Crippen molar-refractivity contribution in [2.45, 2.75) is 37.3 Å². The minimum atomic E-state index is -1.15. The molecule has 0 aromatic carbocycles. The summed E-state index contributed by atoms with van der Waals surface area (Å²) < 4.78 is 0. The quantitative estimate of drug-likeness (QED) is 0.678. The maximum atomic E-state index is 12.1. The number of hydrogen-bond acceptors (Lipinski definition) is 5. The second kappa shape index (κ2) is 7.77. The zero-order valence-corrected chi connectivity index (χ0v) is 13.4. The SMILES string of the molecule is CC(=O)Sc1nc[nH]c1CC(NC(=O)C1=CCCC=C1)C(=O)O. The number of carbonyl (C=O) groups excluding carboxylic acids is 2. The molecule has 1 aromatic rings. The topological polar surface area (TPSA) is 112 Å². The Kier molecular flexibility index (Phi) is 5.75. The largest absolute Gasteiger partial charge is 0.480 e. The summed E-state index contributed by atoms with van der Waals surface area (Å²) in [7, 11) is 0. The summed E-state index contributed by atoms with van der Waals surface area (Å²) >= 11 is 0.923. The van der Waals surface area contributed by atoms with Crippen molar-refractivity contribution in [1.29, 1.82) is 0 Å². The maximum Gasteiger partial charge on any atom is 0.326 e.